The lowest BCUT2D eigenvalue weighted by molar-refractivity contribution is -0.116. The van der Waals surface area contributed by atoms with Gasteiger partial charge in [-0.25, -0.2) is 21.1 Å². The molecule has 2 aromatic carbocycles. The predicted octanol–water partition coefficient (Wildman–Crippen LogP) is 2.17. The molecule has 12 heteroatoms. The summed E-state index contributed by atoms with van der Waals surface area (Å²) in [6.45, 7) is 1.18. The van der Waals surface area contributed by atoms with Crippen LogP contribution in [0.1, 0.15) is 5.56 Å². The minimum absolute atomic E-state index is 0.00281. The first-order chi connectivity index (χ1) is 14.3. The molecule has 0 aliphatic carbocycles. The highest BCUT2D eigenvalue weighted by atomic mass is 35.5. The van der Waals surface area contributed by atoms with Crippen LogP contribution in [-0.4, -0.2) is 66.2 Å². The molecule has 9 nitrogen and oxygen atoms in total. The fourth-order valence-electron chi connectivity index (χ4n) is 2.60. The van der Waals surface area contributed by atoms with Gasteiger partial charge in [0, 0.05) is 31.9 Å². The molecule has 0 bridgehead atoms. The molecule has 1 N–H and O–H groups in total. The highest BCUT2D eigenvalue weighted by Crippen LogP contribution is 2.29. The maximum Gasteiger partial charge on any atom is 0.247 e. The standard InChI is InChI=1S/C19H24ClN3O6S2/c1-13-6-8-15(30(25,26)22(2)3)11-16(13)21-19(24)12-23(4)31(27,28)18-10-14(20)7-9-17(18)29-5/h6-11H,12H2,1-5H3,(H,21,24). The molecule has 0 aliphatic heterocycles. The molecule has 2 rings (SSSR count). The van der Waals surface area contributed by atoms with Crippen LogP contribution in [0.4, 0.5) is 5.69 Å². The maximum absolute atomic E-state index is 12.9. The number of nitrogens with zero attached hydrogens (tertiary/aromatic N) is 2. The van der Waals surface area contributed by atoms with E-state index in [4.69, 9.17) is 16.3 Å². The molecule has 0 heterocycles. The summed E-state index contributed by atoms with van der Waals surface area (Å²) in [5.74, 6) is -0.552. The zero-order valence-electron chi connectivity index (χ0n) is 17.7. The lowest BCUT2D eigenvalue weighted by Gasteiger charge is -2.19. The Bertz CT molecular complexity index is 1200. The third-order valence-corrected chi connectivity index (χ3v) is 8.31. The topological polar surface area (TPSA) is 113 Å². The first kappa shape index (κ1) is 25.1. The number of halogens is 1. The molecule has 0 saturated carbocycles. The van der Waals surface area contributed by atoms with Gasteiger partial charge in [-0.2, -0.15) is 4.31 Å². The van der Waals surface area contributed by atoms with Gasteiger partial charge in [-0.05, 0) is 42.8 Å². The first-order valence-electron chi connectivity index (χ1n) is 8.93. The molecular weight excluding hydrogens is 466 g/mol. The number of amides is 1. The number of benzene rings is 2. The minimum Gasteiger partial charge on any atom is -0.495 e. The number of hydrogen-bond acceptors (Lipinski definition) is 6. The third-order valence-electron chi connectivity index (χ3n) is 4.44. The highest BCUT2D eigenvalue weighted by molar-refractivity contribution is 7.89. The van der Waals surface area contributed by atoms with Crippen LogP contribution < -0.4 is 10.1 Å². The van der Waals surface area contributed by atoms with Gasteiger partial charge in [-0.3, -0.25) is 4.79 Å². The largest absolute Gasteiger partial charge is 0.495 e. The number of anilines is 1. The number of carbonyl (C=O) groups is 1. The van der Waals surface area contributed by atoms with Gasteiger partial charge in [0.05, 0.1) is 18.6 Å². The second kappa shape index (κ2) is 9.53. The van der Waals surface area contributed by atoms with E-state index in [9.17, 15) is 21.6 Å². The van der Waals surface area contributed by atoms with Crippen LogP contribution >= 0.6 is 11.6 Å². The van der Waals surface area contributed by atoms with Crippen molar-refractivity contribution in [2.75, 3.05) is 40.1 Å². The van der Waals surface area contributed by atoms with Crippen LogP contribution in [0, 0.1) is 6.92 Å². The number of aryl methyl sites for hydroxylation is 1. The maximum atomic E-state index is 12.9. The zero-order chi connectivity index (χ0) is 23.6. The van der Waals surface area contributed by atoms with Crippen molar-refractivity contribution < 1.29 is 26.4 Å². The number of ether oxygens (including phenoxy) is 1. The number of nitrogens with one attached hydrogen (secondary N) is 1. The predicted molar refractivity (Wildman–Crippen MR) is 119 cm³/mol. The summed E-state index contributed by atoms with van der Waals surface area (Å²) < 4.78 is 57.5. The molecule has 2 aromatic rings. The number of rotatable bonds is 8. The van der Waals surface area contributed by atoms with Gasteiger partial charge in [0.25, 0.3) is 0 Å². The van der Waals surface area contributed by atoms with Crippen molar-refractivity contribution in [3.8, 4) is 5.75 Å². The van der Waals surface area contributed by atoms with E-state index in [1.165, 1.54) is 58.6 Å². The minimum atomic E-state index is -4.08. The van der Waals surface area contributed by atoms with Crippen LogP contribution in [-0.2, 0) is 24.8 Å². The number of likely N-dealkylation sites (N-methyl/N-ethyl adjacent to an activating group) is 1. The fourth-order valence-corrected chi connectivity index (χ4v) is 5.07. The van der Waals surface area contributed by atoms with Crippen LogP contribution in [0.5, 0.6) is 5.75 Å². The highest BCUT2D eigenvalue weighted by Gasteiger charge is 2.27. The Hall–Kier alpha value is -2.18. The van der Waals surface area contributed by atoms with Crippen molar-refractivity contribution in [2.45, 2.75) is 16.7 Å². The smallest absolute Gasteiger partial charge is 0.247 e. The summed E-state index contributed by atoms with van der Waals surface area (Å²) in [7, 11) is -2.41. The summed E-state index contributed by atoms with van der Waals surface area (Å²) in [4.78, 5) is 12.4. The van der Waals surface area contributed by atoms with Crippen LogP contribution in [0.25, 0.3) is 0 Å². The van der Waals surface area contributed by atoms with E-state index in [2.05, 4.69) is 5.32 Å². The molecule has 31 heavy (non-hydrogen) atoms. The molecule has 0 unspecified atom stereocenters. The third kappa shape index (κ3) is 5.55. The monoisotopic (exact) mass is 489 g/mol. The molecule has 0 atom stereocenters. The Kier molecular flexibility index (Phi) is 7.71. The van der Waals surface area contributed by atoms with E-state index in [0.717, 1.165) is 8.61 Å². The van der Waals surface area contributed by atoms with E-state index in [-0.39, 0.29) is 26.3 Å². The Labute approximate surface area is 187 Å². The molecule has 0 aromatic heterocycles. The molecule has 170 valence electrons. The Morgan fingerprint density at radius 1 is 1.03 bits per heavy atom. The fraction of sp³-hybridized carbons (Fsp3) is 0.316. The number of hydrogen-bond donors (Lipinski definition) is 1. The number of methoxy groups -OCH3 is 1. The van der Waals surface area contributed by atoms with E-state index < -0.39 is 32.5 Å². The molecule has 0 radical (unpaired) electrons. The molecular formula is C19H24ClN3O6S2. The van der Waals surface area contributed by atoms with Gasteiger partial charge < -0.3 is 10.1 Å². The van der Waals surface area contributed by atoms with E-state index >= 15 is 0 Å². The number of sulfonamides is 2. The van der Waals surface area contributed by atoms with Crippen LogP contribution in [0.3, 0.4) is 0 Å². The van der Waals surface area contributed by atoms with Crippen molar-refractivity contribution in [3.63, 3.8) is 0 Å². The van der Waals surface area contributed by atoms with Gasteiger partial charge in [0.2, 0.25) is 26.0 Å². The number of carbonyl (C=O) groups excluding carboxylic acids is 1. The quantitative estimate of drug-likeness (QED) is 0.608. The normalized spacial score (nSPS) is 12.3. The van der Waals surface area contributed by atoms with E-state index in [1.54, 1.807) is 13.0 Å². The van der Waals surface area contributed by atoms with E-state index in [0.29, 0.717) is 5.56 Å². The van der Waals surface area contributed by atoms with Crippen molar-refractivity contribution in [1.29, 1.82) is 0 Å². The van der Waals surface area contributed by atoms with Gasteiger partial charge >= 0.3 is 0 Å². The van der Waals surface area contributed by atoms with Gasteiger partial charge in [-0.1, -0.05) is 17.7 Å². The van der Waals surface area contributed by atoms with Crippen molar-refractivity contribution in [1.82, 2.24) is 8.61 Å². The van der Waals surface area contributed by atoms with Gasteiger partial charge in [-0.15, -0.1) is 0 Å². The van der Waals surface area contributed by atoms with Gasteiger partial charge in [0.1, 0.15) is 10.6 Å². The summed E-state index contributed by atoms with van der Waals surface area (Å²) in [5, 5.41) is 2.77. The molecule has 0 spiro atoms. The summed E-state index contributed by atoms with van der Waals surface area (Å²) in [6, 6.07) is 8.47. The Morgan fingerprint density at radius 2 is 1.68 bits per heavy atom. The molecule has 0 saturated heterocycles. The molecule has 1 amide bonds. The SMILES string of the molecule is COc1ccc(Cl)cc1S(=O)(=O)N(C)CC(=O)Nc1cc(S(=O)(=O)N(C)C)ccc1C. The summed E-state index contributed by atoms with van der Waals surface area (Å²) in [6.07, 6.45) is 0. The van der Waals surface area contributed by atoms with Crippen molar-refractivity contribution in [3.05, 3.63) is 47.0 Å². The lowest BCUT2D eigenvalue weighted by Crippen LogP contribution is -2.35. The van der Waals surface area contributed by atoms with Crippen LogP contribution in [0.15, 0.2) is 46.2 Å². The van der Waals surface area contributed by atoms with Crippen LogP contribution in [0.2, 0.25) is 5.02 Å². The average Bonchev–Trinajstić information content (AvgIpc) is 2.69. The van der Waals surface area contributed by atoms with E-state index in [1.807, 2.05) is 0 Å². The Morgan fingerprint density at radius 3 is 2.26 bits per heavy atom. The summed E-state index contributed by atoms with van der Waals surface area (Å²) >= 11 is 5.92. The molecule has 0 aliphatic rings. The Balaban J connectivity index is 2.26. The average molecular weight is 490 g/mol. The molecule has 0 fully saturated rings. The second-order valence-corrected chi connectivity index (χ2v) is 11.5. The van der Waals surface area contributed by atoms with Crippen molar-refractivity contribution in [2.24, 2.45) is 0 Å². The lowest BCUT2D eigenvalue weighted by atomic mass is 10.2. The van der Waals surface area contributed by atoms with Gasteiger partial charge in [0.15, 0.2) is 0 Å². The van der Waals surface area contributed by atoms with Crippen molar-refractivity contribution >= 4 is 43.2 Å². The second-order valence-electron chi connectivity index (χ2n) is 6.87. The summed E-state index contributed by atoms with van der Waals surface area (Å²) in [5.41, 5.74) is 0.882. The zero-order valence-corrected chi connectivity index (χ0v) is 20.1. The first-order valence-corrected chi connectivity index (χ1v) is 12.2.